The Bertz CT molecular complexity index is 921. The van der Waals surface area contributed by atoms with Crippen LogP contribution in [0.1, 0.15) is 32.0 Å². The molecule has 0 fully saturated rings. The van der Waals surface area contributed by atoms with E-state index in [2.05, 4.69) is 0 Å². The lowest BCUT2D eigenvalue weighted by Crippen LogP contribution is -2.21. The summed E-state index contributed by atoms with van der Waals surface area (Å²) in [5.41, 5.74) is -2.64. The second-order valence-electron chi connectivity index (χ2n) is 4.35. The molecule has 9 nitrogen and oxygen atoms in total. The van der Waals surface area contributed by atoms with Crippen molar-refractivity contribution in [3.8, 4) is 6.07 Å². The molecular formula is C14H7N3O6. The lowest BCUT2D eigenvalue weighted by atomic mass is 10.00. The number of aromatic amines is 1. The molecule has 0 saturated carbocycles. The van der Waals surface area contributed by atoms with E-state index >= 15 is 0 Å². The van der Waals surface area contributed by atoms with Crippen molar-refractivity contribution < 1.29 is 19.6 Å². The minimum Gasteiger partial charge on any atom is -0.477 e. The average Bonchev–Trinajstić information content (AvgIpc) is 2.53. The number of nitrogens with zero attached hydrogens (tertiary/aromatic N) is 2. The van der Waals surface area contributed by atoms with Gasteiger partial charge >= 0.3 is 5.97 Å². The lowest BCUT2D eigenvalue weighted by Gasteiger charge is -2.05. The molecule has 2 aromatic rings. The molecule has 23 heavy (non-hydrogen) atoms. The zero-order chi connectivity index (χ0) is 17.1. The number of nitriles is 1. The van der Waals surface area contributed by atoms with Gasteiger partial charge in [-0.1, -0.05) is 0 Å². The Labute approximate surface area is 127 Å². The third kappa shape index (κ3) is 2.96. The van der Waals surface area contributed by atoms with Gasteiger partial charge < -0.3 is 10.1 Å². The number of aromatic nitrogens is 1. The van der Waals surface area contributed by atoms with Crippen LogP contribution < -0.4 is 5.56 Å². The summed E-state index contributed by atoms with van der Waals surface area (Å²) in [7, 11) is 0. The normalized spacial score (nSPS) is 9.87. The van der Waals surface area contributed by atoms with Crippen molar-refractivity contribution in [1.29, 1.82) is 5.26 Å². The van der Waals surface area contributed by atoms with Crippen LogP contribution in [-0.2, 0) is 0 Å². The first kappa shape index (κ1) is 15.6. The van der Waals surface area contributed by atoms with Gasteiger partial charge in [0.1, 0.15) is 17.3 Å². The van der Waals surface area contributed by atoms with E-state index in [1.807, 2.05) is 4.98 Å². The van der Waals surface area contributed by atoms with E-state index in [0.29, 0.717) is 0 Å². The van der Waals surface area contributed by atoms with E-state index in [1.165, 1.54) is 0 Å². The Morgan fingerprint density at radius 2 is 1.87 bits per heavy atom. The van der Waals surface area contributed by atoms with Crippen molar-refractivity contribution >= 4 is 17.4 Å². The number of carbonyl (C=O) groups excluding carboxylic acids is 1. The summed E-state index contributed by atoms with van der Waals surface area (Å²) in [5.74, 6) is -2.33. The maximum Gasteiger partial charge on any atom is 0.353 e. The highest BCUT2D eigenvalue weighted by Gasteiger charge is 2.21. The number of non-ortho nitro benzene ring substituents is 1. The Kier molecular flexibility index (Phi) is 4.00. The number of pyridine rings is 1. The summed E-state index contributed by atoms with van der Waals surface area (Å²) in [6.07, 6.45) is 0. The summed E-state index contributed by atoms with van der Waals surface area (Å²) in [5, 5.41) is 28.5. The summed E-state index contributed by atoms with van der Waals surface area (Å²) in [6.45, 7) is 0. The highest BCUT2D eigenvalue weighted by Crippen LogP contribution is 2.17. The number of carbonyl (C=O) groups is 2. The fourth-order valence-electron chi connectivity index (χ4n) is 1.85. The van der Waals surface area contributed by atoms with Crippen LogP contribution in [0.4, 0.5) is 5.69 Å². The quantitative estimate of drug-likeness (QED) is 0.486. The van der Waals surface area contributed by atoms with Crippen LogP contribution in [0.3, 0.4) is 0 Å². The molecule has 0 bridgehead atoms. The number of carboxylic acid groups (broad SMARTS) is 1. The number of H-pyrrole nitrogens is 1. The highest BCUT2D eigenvalue weighted by molar-refractivity contribution is 6.13. The predicted molar refractivity (Wildman–Crippen MR) is 75.3 cm³/mol. The van der Waals surface area contributed by atoms with Crippen LogP contribution in [0.2, 0.25) is 0 Å². The van der Waals surface area contributed by atoms with Crippen LogP contribution in [0.25, 0.3) is 0 Å². The predicted octanol–water partition coefficient (Wildman–Crippen LogP) is 1.08. The molecule has 0 amide bonds. The number of rotatable bonds is 4. The number of nitrogens with one attached hydrogen (secondary N) is 1. The summed E-state index contributed by atoms with van der Waals surface area (Å²) >= 11 is 0. The molecule has 1 heterocycles. The van der Waals surface area contributed by atoms with Crippen molar-refractivity contribution in [2.75, 3.05) is 0 Å². The lowest BCUT2D eigenvalue weighted by molar-refractivity contribution is -0.384. The van der Waals surface area contributed by atoms with E-state index < -0.39 is 33.5 Å². The topological polar surface area (TPSA) is 154 Å². The molecule has 0 aliphatic carbocycles. The molecule has 114 valence electrons. The number of benzene rings is 1. The zero-order valence-corrected chi connectivity index (χ0v) is 11.3. The van der Waals surface area contributed by atoms with Gasteiger partial charge in [-0.25, -0.2) is 4.79 Å². The van der Waals surface area contributed by atoms with Gasteiger partial charge in [0.05, 0.1) is 10.5 Å². The second-order valence-corrected chi connectivity index (χ2v) is 4.35. The van der Waals surface area contributed by atoms with Gasteiger partial charge in [-0.15, -0.1) is 0 Å². The van der Waals surface area contributed by atoms with Gasteiger partial charge in [-0.05, 0) is 18.2 Å². The molecule has 0 radical (unpaired) electrons. The number of hydrogen-bond donors (Lipinski definition) is 2. The van der Waals surface area contributed by atoms with Crippen molar-refractivity contribution in [3.63, 3.8) is 0 Å². The minimum atomic E-state index is -1.54. The van der Waals surface area contributed by atoms with E-state index in [-0.39, 0.29) is 16.8 Å². The number of hydrogen-bond acceptors (Lipinski definition) is 6. The maximum absolute atomic E-state index is 12.4. The molecule has 0 atom stereocenters. The maximum atomic E-state index is 12.4. The Balaban J connectivity index is 2.58. The second kappa shape index (κ2) is 5.90. The van der Waals surface area contributed by atoms with Crippen molar-refractivity contribution in [1.82, 2.24) is 4.98 Å². The van der Waals surface area contributed by atoms with E-state index in [1.54, 1.807) is 6.07 Å². The first-order valence-electron chi connectivity index (χ1n) is 6.05. The largest absolute Gasteiger partial charge is 0.477 e. The molecule has 0 spiro atoms. The SMILES string of the molecule is N#Cc1cc(C(=O)c2ccc([N+](=O)[O-])cc2)c(C(=O)O)[nH]c1=O. The third-order valence-electron chi connectivity index (χ3n) is 2.96. The van der Waals surface area contributed by atoms with E-state index in [9.17, 15) is 24.5 Å². The summed E-state index contributed by atoms with van der Waals surface area (Å²) in [4.78, 5) is 46.9. The van der Waals surface area contributed by atoms with Gasteiger partial charge in [-0.2, -0.15) is 5.26 Å². The van der Waals surface area contributed by atoms with E-state index in [0.717, 1.165) is 30.3 Å². The van der Waals surface area contributed by atoms with Crippen molar-refractivity contribution in [2.24, 2.45) is 0 Å². The van der Waals surface area contributed by atoms with Crippen LogP contribution >= 0.6 is 0 Å². The first-order valence-corrected chi connectivity index (χ1v) is 6.05. The standard InChI is InChI=1S/C14H7N3O6/c15-6-8-5-10(11(14(20)21)16-13(8)19)12(18)7-1-3-9(4-2-7)17(22)23/h1-5H,(H,16,19)(H,20,21). The third-order valence-corrected chi connectivity index (χ3v) is 2.96. The first-order chi connectivity index (χ1) is 10.8. The van der Waals surface area contributed by atoms with Crippen LogP contribution in [0.5, 0.6) is 0 Å². The molecule has 0 saturated heterocycles. The van der Waals surface area contributed by atoms with Gasteiger partial charge in [-0.3, -0.25) is 19.7 Å². The Morgan fingerprint density at radius 1 is 1.26 bits per heavy atom. The van der Waals surface area contributed by atoms with Crippen LogP contribution in [-0.4, -0.2) is 26.8 Å². The van der Waals surface area contributed by atoms with Gasteiger partial charge in [0.2, 0.25) is 0 Å². The Hall–Kier alpha value is -3.80. The van der Waals surface area contributed by atoms with Gasteiger partial charge in [0.15, 0.2) is 5.78 Å². The summed E-state index contributed by atoms with van der Waals surface area (Å²) in [6, 6.07) is 6.92. The molecule has 2 rings (SSSR count). The number of ketones is 1. The molecule has 0 unspecified atom stereocenters. The minimum absolute atomic E-state index is 0.0194. The molecular weight excluding hydrogens is 306 g/mol. The molecule has 0 aliphatic heterocycles. The monoisotopic (exact) mass is 313 g/mol. The fraction of sp³-hybridized carbons (Fsp3) is 0. The molecule has 1 aromatic carbocycles. The molecule has 0 aliphatic rings. The fourth-order valence-corrected chi connectivity index (χ4v) is 1.85. The molecule has 1 aromatic heterocycles. The van der Waals surface area contributed by atoms with Crippen LogP contribution in [0, 0.1) is 21.4 Å². The number of aromatic carboxylic acids is 1. The van der Waals surface area contributed by atoms with Gasteiger partial charge in [0, 0.05) is 17.7 Å². The molecule has 2 N–H and O–H groups in total. The zero-order valence-electron chi connectivity index (χ0n) is 11.3. The van der Waals surface area contributed by atoms with Gasteiger partial charge in [0.25, 0.3) is 11.2 Å². The van der Waals surface area contributed by atoms with Crippen LogP contribution in [0.15, 0.2) is 35.1 Å². The molecule has 9 heteroatoms. The van der Waals surface area contributed by atoms with Crippen molar-refractivity contribution in [3.05, 3.63) is 73.2 Å². The smallest absolute Gasteiger partial charge is 0.353 e. The summed E-state index contributed by atoms with van der Waals surface area (Å²) < 4.78 is 0. The number of nitro groups is 1. The average molecular weight is 313 g/mol. The van der Waals surface area contributed by atoms with E-state index in [4.69, 9.17) is 10.4 Å². The number of carboxylic acids is 1. The number of nitro benzene ring substituents is 1. The Morgan fingerprint density at radius 3 is 2.35 bits per heavy atom. The highest BCUT2D eigenvalue weighted by atomic mass is 16.6. The van der Waals surface area contributed by atoms with Crippen molar-refractivity contribution in [2.45, 2.75) is 0 Å².